The molecule has 0 fully saturated rings. The van der Waals surface area contributed by atoms with Crippen molar-refractivity contribution in [2.75, 3.05) is 0 Å². The zero-order valence-corrected chi connectivity index (χ0v) is 6.73. The molecule has 0 rings (SSSR count). The standard InChI is InChI=1S/C3H6.2CHNS/c1-3-2;2*2-1-3/h3H,1H2,2H3;2*2H. The Morgan fingerprint density at radius 1 is 1.33 bits per heavy atom. The maximum Gasteiger partial charge on any atom is 0.0554 e. The smallest absolute Gasteiger partial charge is 0.0554 e. The van der Waals surface area contributed by atoms with Crippen molar-refractivity contribution in [3.8, 4) is 0 Å². The maximum absolute atomic E-state index is 5.77. The molecular weight excluding hydrogens is 152 g/mol. The van der Waals surface area contributed by atoms with Crippen LogP contribution in [0.5, 0.6) is 0 Å². The molecule has 2 N–H and O–H groups in total. The largest absolute Gasteiger partial charge is 0.248 e. The summed E-state index contributed by atoms with van der Waals surface area (Å²) in [7, 11) is 0. The molecule has 0 heterocycles. The molecule has 9 heavy (non-hydrogen) atoms. The van der Waals surface area contributed by atoms with Gasteiger partial charge in [-0.25, -0.2) is 10.8 Å². The highest BCUT2D eigenvalue weighted by Crippen LogP contribution is 1.38. The molecule has 0 unspecified atom stereocenters. The van der Waals surface area contributed by atoms with Gasteiger partial charge in [-0.3, -0.25) is 0 Å². The van der Waals surface area contributed by atoms with Gasteiger partial charge in [0.05, 0.1) is 10.3 Å². The Morgan fingerprint density at radius 2 is 1.33 bits per heavy atom. The summed E-state index contributed by atoms with van der Waals surface area (Å²) in [6.07, 6.45) is 1.75. The molecule has 0 amide bonds. The van der Waals surface area contributed by atoms with Gasteiger partial charge in [-0.1, -0.05) is 6.08 Å². The molecule has 50 valence electrons. The molecule has 2 nitrogen and oxygen atoms in total. The van der Waals surface area contributed by atoms with Crippen molar-refractivity contribution in [1.29, 1.82) is 10.8 Å². The minimum atomic E-state index is 1.58. The molecule has 0 aliphatic heterocycles. The number of allylic oxidation sites excluding steroid dienone is 1. The van der Waals surface area contributed by atoms with Crippen molar-refractivity contribution in [3.05, 3.63) is 12.7 Å². The summed E-state index contributed by atoms with van der Waals surface area (Å²) in [4.78, 5) is 0. The summed E-state index contributed by atoms with van der Waals surface area (Å²) in [6, 6.07) is 0. The van der Waals surface area contributed by atoms with E-state index in [0.717, 1.165) is 0 Å². The number of nitrogens with one attached hydrogen (secondary N) is 2. The molecule has 0 aromatic heterocycles. The van der Waals surface area contributed by atoms with Crippen LogP contribution in [-0.2, 0) is 0 Å². The average molecular weight is 160 g/mol. The van der Waals surface area contributed by atoms with E-state index in [1.165, 1.54) is 0 Å². The Labute approximate surface area is 65.6 Å². The molecule has 0 radical (unpaired) electrons. The molecule has 0 aliphatic carbocycles. The fraction of sp³-hybridized carbons (Fsp3) is 0.200. The van der Waals surface area contributed by atoms with Gasteiger partial charge < -0.3 is 0 Å². The lowest BCUT2D eigenvalue weighted by atomic mass is 10.8. The van der Waals surface area contributed by atoms with E-state index in [1.54, 1.807) is 16.4 Å². The maximum atomic E-state index is 5.77. The third kappa shape index (κ3) is 480. The highest BCUT2D eigenvalue weighted by molar-refractivity contribution is 7.78. The summed E-state index contributed by atoms with van der Waals surface area (Å²) >= 11 is 7.62. The van der Waals surface area contributed by atoms with Crippen LogP contribution in [0.1, 0.15) is 6.92 Å². The van der Waals surface area contributed by atoms with Gasteiger partial charge in [0.25, 0.3) is 0 Å². The number of hydrogen-bond donors (Lipinski definition) is 2. The van der Waals surface area contributed by atoms with Crippen LogP contribution in [0.4, 0.5) is 0 Å². The Bertz CT molecular complexity index is 96.1. The zero-order valence-electron chi connectivity index (χ0n) is 5.10. The van der Waals surface area contributed by atoms with Crippen LogP contribution in [0.2, 0.25) is 0 Å². The first-order valence-corrected chi connectivity index (χ1v) is 2.71. The average Bonchev–Trinajstić information content (AvgIpc) is 1.70. The van der Waals surface area contributed by atoms with E-state index in [1.807, 2.05) is 6.92 Å². The lowest BCUT2D eigenvalue weighted by molar-refractivity contribution is 1.61. The lowest BCUT2D eigenvalue weighted by Gasteiger charge is -1.31. The molecule has 0 spiro atoms. The fourth-order valence-corrected chi connectivity index (χ4v) is 0. The molecule has 0 saturated heterocycles. The van der Waals surface area contributed by atoms with Gasteiger partial charge >= 0.3 is 0 Å². The quantitative estimate of drug-likeness (QED) is 0.325. The van der Waals surface area contributed by atoms with Crippen LogP contribution in [0.25, 0.3) is 0 Å². The zero-order chi connectivity index (χ0) is 8.12. The van der Waals surface area contributed by atoms with Gasteiger partial charge in [-0.2, -0.15) is 0 Å². The van der Waals surface area contributed by atoms with Crippen LogP contribution in [-0.4, -0.2) is 10.3 Å². The van der Waals surface area contributed by atoms with E-state index in [4.69, 9.17) is 10.8 Å². The van der Waals surface area contributed by atoms with Crippen molar-refractivity contribution in [2.24, 2.45) is 0 Å². The van der Waals surface area contributed by atoms with Gasteiger partial charge in [0.1, 0.15) is 0 Å². The number of rotatable bonds is 0. The van der Waals surface area contributed by atoms with Crippen LogP contribution in [0, 0.1) is 10.8 Å². The molecule has 0 aromatic rings. The second-order valence-electron chi connectivity index (χ2n) is 0.612. The van der Waals surface area contributed by atoms with E-state index in [0.29, 0.717) is 0 Å². The van der Waals surface area contributed by atoms with Crippen LogP contribution < -0.4 is 0 Å². The van der Waals surface area contributed by atoms with Gasteiger partial charge in [-0.05, 0) is 31.4 Å². The first-order chi connectivity index (χ1) is 4.24. The Kier molecular flexibility index (Phi) is 94.3. The van der Waals surface area contributed by atoms with Gasteiger partial charge in [0.15, 0.2) is 0 Å². The molecule has 0 bridgehead atoms. The Morgan fingerprint density at radius 3 is 1.33 bits per heavy atom. The minimum absolute atomic E-state index is 1.58. The van der Waals surface area contributed by atoms with Crippen molar-refractivity contribution >= 4 is 34.8 Å². The number of thiocarbonyl (C=S) groups is 2. The third-order valence-corrected chi connectivity index (χ3v) is 0. The summed E-state index contributed by atoms with van der Waals surface area (Å²) in [5, 5.41) is 14.7. The highest BCUT2D eigenvalue weighted by Gasteiger charge is 1.15. The molecular formula is C5H8N2S2. The van der Waals surface area contributed by atoms with Crippen molar-refractivity contribution in [3.63, 3.8) is 0 Å². The van der Waals surface area contributed by atoms with Gasteiger partial charge in [-0.15, -0.1) is 6.58 Å². The normalized spacial score (nSPS) is 3.22. The number of isothiocyanates is 2. The van der Waals surface area contributed by atoms with E-state index in [2.05, 4.69) is 31.0 Å². The van der Waals surface area contributed by atoms with Crippen molar-refractivity contribution < 1.29 is 0 Å². The Balaban J connectivity index is -0.0000000600. The second-order valence-corrected chi connectivity index (χ2v) is 1.02. The SMILES string of the molecule is C=CC.N=C=S.N=C=S. The summed E-state index contributed by atoms with van der Waals surface area (Å²) < 4.78 is 0. The minimum Gasteiger partial charge on any atom is -0.248 e. The predicted molar refractivity (Wildman–Crippen MR) is 46.5 cm³/mol. The monoisotopic (exact) mass is 160 g/mol. The third-order valence-electron chi connectivity index (χ3n) is 0. The van der Waals surface area contributed by atoms with Crippen LogP contribution in [0.15, 0.2) is 12.7 Å². The summed E-state index contributed by atoms with van der Waals surface area (Å²) in [6.45, 7) is 5.25. The molecule has 4 heteroatoms. The van der Waals surface area contributed by atoms with Crippen LogP contribution >= 0.6 is 24.4 Å². The van der Waals surface area contributed by atoms with Gasteiger partial charge in [0, 0.05) is 0 Å². The van der Waals surface area contributed by atoms with E-state index < -0.39 is 0 Å². The first-order valence-electron chi connectivity index (χ1n) is 1.89. The lowest BCUT2D eigenvalue weighted by Crippen LogP contribution is -1.07. The van der Waals surface area contributed by atoms with E-state index >= 15 is 0 Å². The number of hydrogen-bond acceptors (Lipinski definition) is 4. The topological polar surface area (TPSA) is 47.7 Å². The van der Waals surface area contributed by atoms with Crippen molar-refractivity contribution in [1.82, 2.24) is 0 Å². The van der Waals surface area contributed by atoms with E-state index in [9.17, 15) is 0 Å². The second kappa shape index (κ2) is 53.9. The molecule has 0 saturated carbocycles. The first kappa shape index (κ1) is 15.8. The molecule has 0 aliphatic rings. The highest BCUT2D eigenvalue weighted by atomic mass is 32.1. The fourth-order valence-electron chi connectivity index (χ4n) is 0. The summed E-state index contributed by atoms with van der Waals surface area (Å²) in [5.74, 6) is 0. The van der Waals surface area contributed by atoms with Crippen LogP contribution in [0.3, 0.4) is 0 Å². The Hall–Kier alpha value is -0.660. The molecule has 0 atom stereocenters. The predicted octanol–water partition coefficient (Wildman–Crippen LogP) is 2.53. The van der Waals surface area contributed by atoms with Gasteiger partial charge in [0.2, 0.25) is 0 Å². The molecule has 0 aromatic carbocycles. The summed E-state index contributed by atoms with van der Waals surface area (Å²) in [5.41, 5.74) is 0. The van der Waals surface area contributed by atoms with E-state index in [-0.39, 0.29) is 0 Å². The van der Waals surface area contributed by atoms with Crippen molar-refractivity contribution in [2.45, 2.75) is 6.92 Å².